The van der Waals surface area contributed by atoms with E-state index < -0.39 is 0 Å². The molecule has 3 saturated heterocycles. The van der Waals surface area contributed by atoms with Gasteiger partial charge in [0.25, 0.3) is 5.91 Å². The monoisotopic (exact) mass is 335 g/mol. The van der Waals surface area contributed by atoms with Crippen LogP contribution in [0.5, 0.6) is 0 Å². The summed E-state index contributed by atoms with van der Waals surface area (Å²) >= 11 is 0. The molecule has 1 spiro atoms. The predicted octanol–water partition coefficient (Wildman–Crippen LogP) is 0.839. The van der Waals surface area contributed by atoms with E-state index in [1.54, 1.807) is 6.20 Å². The molecular formula is C17H25N3O4. The van der Waals surface area contributed by atoms with E-state index in [1.807, 2.05) is 21.8 Å². The third-order valence-corrected chi connectivity index (χ3v) is 5.15. The van der Waals surface area contributed by atoms with Gasteiger partial charge in [-0.3, -0.25) is 9.48 Å². The highest BCUT2D eigenvalue weighted by molar-refractivity contribution is 5.81. The molecule has 0 N–H and O–H groups in total. The second-order valence-electron chi connectivity index (χ2n) is 7.00. The second-order valence-corrected chi connectivity index (χ2v) is 7.00. The van der Waals surface area contributed by atoms with Gasteiger partial charge < -0.3 is 19.1 Å². The SMILES string of the molecule is O=C([C@H]1CCCO1)N1CCOC[C@@]2(CC[C@H](Cn3cccn3)O2)C1. The van der Waals surface area contributed by atoms with Gasteiger partial charge in [0.1, 0.15) is 11.7 Å². The van der Waals surface area contributed by atoms with Gasteiger partial charge in [-0.2, -0.15) is 5.10 Å². The van der Waals surface area contributed by atoms with Gasteiger partial charge in [-0.05, 0) is 31.7 Å². The standard InChI is InChI=1S/C17H25N3O4/c21-16(15-3-1-9-23-15)19-8-10-22-13-17(12-19)5-4-14(24-17)11-20-7-2-6-18-20/h2,6-7,14-15H,1,3-5,8-13H2/t14-,15-,17-/m1/s1. The second kappa shape index (κ2) is 6.82. The average molecular weight is 335 g/mol. The molecule has 7 heteroatoms. The Bertz CT molecular complexity index is 558. The van der Waals surface area contributed by atoms with Crippen molar-refractivity contribution in [1.82, 2.24) is 14.7 Å². The maximum absolute atomic E-state index is 12.7. The quantitative estimate of drug-likeness (QED) is 0.819. The minimum absolute atomic E-state index is 0.0940. The molecule has 3 fully saturated rings. The van der Waals surface area contributed by atoms with Crippen LogP contribution in [0.25, 0.3) is 0 Å². The van der Waals surface area contributed by atoms with E-state index in [0.29, 0.717) is 32.9 Å². The van der Waals surface area contributed by atoms with Crippen molar-refractivity contribution in [3.63, 3.8) is 0 Å². The van der Waals surface area contributed by atoms with Gasteiger partial charge in [0, 0.05) is 25.5 Å². The Morgan fingerprint density at radius 3 is 3.08 bits per heavy atom. The molecule has 7 nitrogen and oxygen atoms in total. The van der Waals surface area contributed by atoms with Crippen molar-refractivity contribution < 1.29 is 19.0 Å². The lowest BCUT2D eigenvalue weighted by Crippen LogP contribution is -2.49. The van der Waals surface area contributed by atoms with Gasteiger partial charge in [0.15, 0.2) is 0 Å². The van der Waals surface area contributed by atoms with Crippen molar-refractivity contribution in [2.24, 2.45) is 0 Å². The van der Waals surface area contributed by atoms with Crippen LogP contribution in [0.1, 0.15) is 25.7 Å². The molecule has 0 radical (unpaired) electrons. The van der Waals surface area contributed by atoms with Crippen LogP contribution < -0.4 is 0 Å². The summed E-state index contributed by atoms with van der Waals surface area (Å²) in [4.78, 5) is 14.6. The number of carbonyl (C=O) groups is 1. The summed E-state index contributed by atoms with van der Waals surface area (Å²) in [6.45, 7) is 3.77. The first-order valence-electron chi connectivity index (χ1n) is 8.88. The topological polar surface area (TPSA) is 65.8 Å². The molecule has 0 bridgehead atoms. The average Bonchev–Trinajstić information content (AvgIpc) is 3.30. The highest BCUT2D eigenvalue weighted by Crippen LogP contribution is 2.34. The number of nitrogens with zero attached hydrogens (tertiary/aromatic N) is 3. The Morgan fingerprint density at radius 1 is 1.33 bits per heavy atom. The van der Waals surface area contributed by atoms with Gasteiger partial charge >= 0.3 is 0 Å². The van der Waals surface area contributed by atoms with Crippen molar-refractivity contribution >= 4 is 5.91 Å². The Hall–Kier alpha value is -1.44. The number of hydrogen-bond donors (Lipinski definition) is 0. The minimum Gasteiger partial charge on any atom is -0.377 e. The summed E-state index contributed by atoms with van der Waals surface area (Å²) in [7, 11) is 0. The lowest BCUT2D eigenvalue weighted by Gasteiger charge is -2.33. The molecule has 4 heterocycles. The van der Waals surface area contributed by atoms with E-state index in [1.165, 1.54) is 0 Å². The third-order valence-electron chi connectivity index (χ3n) is 5.15. The molecule has 1 aromatic rings. The van der Waals surface area contributed by atoms with Gasteiger partial charge in [-0.15, -0.1) is 0 Å². The van der Waals surface area contributed by atoms with Gasteiger partial charge in [0.05, 0.1) is 32.4 Å². The van der Waals surface area contributed by atoms with Gasteiger partial charge in [-0.25, -0.2) is 0 Å². The molecule has 1 aromatic heterocycles. The Labute approximate surface area is 141 Å². The van der Waals surface area contributed by atoms with E-state index >= 15 is 0 Å². The normalized spacial score (nSPS) is 33.9. The fraction of sp³-hybridized carbons (Fsp3) is 0.765. The predicted molar refractivity (Wildman–Crippen MR) is 85.4 cm³/mol. The Balaban J connectivity index is 1.41. The van der Waals surface area contributed by atoms with Gasteiger partial charge in [0.2, 0.25) is 0 Å². The largest absolute Gasteiger partial charge is 0.377 e. The molecule has 0 aliphatic carbocycles. The number of rotatable bonds is 3. The maximum atomic E-state index is 12.7. The molecule has 0 aromatic carbocycles. The van der Waals surface area contributed by atoms with Crippen molar-refractivity contribution in [3.05, 3.63) is 18.5 Å². The third kappa shape index (κ3) is 3.34. The molecule has 4 rings (SSSR count). The van der Waals surface area contributed by atoms with Crippen LogP contribution in [0.3, 0.4) is 0 Å². The zero-order valence-corrected chi connectivity index (χ0v) is 13.9. The highest BCUT2D eigenvalue weighted by atomic mass is 16.6. The first kappa shape index (κ1) is 16.1. The fourth-order valence-electron chi connectivity index (χ4n) is 3.93. The van der Waals surface area contributed by atoms with E-state index in [4.69, 9.17) is 14.2 Å². The van der Waals surface area contributed by atoms with Crippen LogP contribution in [0.4, 0.5) is 0 Å². The lowest BCUT2D eigenvalue weighted by molar-refractivity contribution is -0.145. The molecule has 1 amide bonds. The van der Waals surface area contributed by atoms with E-state index in [-0.39, 0.29) is 23.7 Å². The van der Waals surface area contributed by atoms with Crippen LogP contribution in [-0.4, -0.2) is 71.3 Å². The van der Waals surface area contributed by atoms with Crippen molar-refractivity contribution in [3.8, 4) is 0 Å². The fourth-order valence-corrected chi connectivity index (χ4v) is 3.93. The van der Waals surface area contributed by atoms with Crippen LogP contribution in [-0.2, 0) is 25.5 Å². The number of amides is 1. The smallest absolute Gasteiger partial charge is 0.251 e. The summed E-state index contributed by atoms with van der Waals surface area (Å²) in [6, 6.07) is 1.92. The van der Waals surface area contributed by atoms with Crippen LogP contribution in [0, 0.1) is 0 Å². The maximum Gasteiger partial charge on any atom is 0.251 e. The zero-order valence-electron chi connectivity index (χ0n) is 13.9. The molecule has 0 saturated carbocycles. The highest BCUT2D eigenvalue weighted by Gasteiger charge is 2.45. The van der Waals surface area contributed by atoms with Gasteiger partial charge in [-0.1, -0.05) is 0 Å². The van der Waals surface area contributed by atoms with Crippen molar-refractivity contribution in [1.29, 1.82) is 0 Å². The molecule has 3 atom stereocenters. The van der Waals surface area contributed by atoms with Crippen LogP contribution in [0.2, 0.25) is 0 Å². The summed E-state index contributed by atoms with van der Waals surface area (Å²) in [5, 5.41) is 4.25. The lowest BCUT2D eigenvalue weighted by atomic mass is 9.99. The van der Waals surface area contributed by atoms with Crippen LogP contribution >= 0.6 is 0 Å². The minimum atomic E-state index is -0.386. The number of aromatic nitrogens is 2. The summed E-state index contributed by atoms with van der Waals surface area (Å²) in [5.74, 6) is 0.0940. The molecule has 3 aliphatic heterocycles. The number of carbonyl (C=O) groups excluding carboxylic acids is 1. The number of hydrogen-bond acceptors (Lipinski definition) is 5. The first-order chi connectivity index (χ1) is 11.7. The molecular weight excluding hydrogens is 310 g/mol. The zero-order chi connectivity index (χ0) is 16.4. The summed E-state index contributed by atoms with van der Waals surface area (Å²) < 4.78 is 19.6. The molecule has 0 unspecified atom stereocenters. The summed E-state index contributed by atoms with van der Waals surface area (Å²) in [6.07, 6.45) is 7.24. The Kier molecular flexibility index (Phi) is 4.56. The van der Waals surface area contributed by atoms with E-state index in [2.05, 4.69) is 5.10 Å². The Morgan fingerprint density at radius 2 is 2.29 bits per heavy atom. The molecule has 132 valence electrons. The van der Waals surface area contributed by atoms with Crippen LogP contribution in [0.15, 0.2) is 18.5 Å². The van der Waals surface area contributed by atoms with Crippen molar-refractivity contribution in [2.75, 3.05) is 32.9 Å². The summed E-state index contributed by atoms with van der Waals surface area (Å²) in [5.41, 5.74) is -0.386. The van der Waals surface area contributed by atoms with E-state index in [9.17, 15) is 4.79 Å². The van der Waals surface area contributed by atoms with E-state index in [0.717, 1.165) is 32.2 Å². The molecule has 24 heavy (non-hydrogen) atoms. The molecule has 3 aliphatic rings. The first-order valence-corrected chi connectivity index (χ1v) is 8.88. The number of ether oxygens (including phenoxy) is 3. The van der Waals surface area contributed by atoms with Crippen molar-refractivity contribution in [2.45, 2.75) is 50.0 Å².